The molecule has 2 heterocycles. The van der Waals surface area contributed by atoms with Gasteiger partial charge in [-0.25, -0.2) is 13.2 Å². The van der Waals surface area contributed by atoms with Gasteiger partial charge < -0.3 is 5.11 Å². The van der Waals surface area contributed by atoms with Gasteiger partial charge in [-0.1, -0.05) is 0 Å². The summed E-state index contributed by atoms with van der Waals surface area (Å²) in [4.78, 5) is 26.7. The second-order valence-electron chi connectivity index (χ2n) is 4.30. The van der Waals surface area contributed by atoms with Crippen LogP contribution in [0.1, 0.15) is 20.7 Å². The second-order valence-corrected chi connectivity index (χ2v) is 6.05. The first kappa shape index (κ1) is 13.3. The molecule has 0 fully saturated rings. The number of pyridine rings is 1. The lowest BCUT2D eigenvalue weighted by Gasteiger charge is -2.14. The number of carboxylic acids is 1. The number of aromatic nitrogens is 1. The number of rotatable bonds is 2. The van der Waals surface area contributed by atoms with Crippen LogP contribution in [0.2, 0.25) is 0 Å². The van der Waals surface area contributed by atoms with Gasteiger partial charge in [-0.15, -0.1) is 0 Å². The normalized spacial score (nSPS) is 15.8. The van der Waals surface area contributed by atoms with Crippen LogP contribution < -0.4 is 4.31 Å². The number of nitrogens with zero attached hydrogens (tertiary/aromatic N) is 2. The zero-order chi connectivity index (χ0) is 15.2. The third kappa shape index (κ3) is 1.88. The van der Waals surface area contributed by atoms with Crippen LogP contribution in [0.5, 0.6) is 0 Å². The van der Waals surface area contributed by atoms with Crippen LogP contribution in [0.4, 0.5) is 5.69 Å². The van der Waals surface area contributed by atoms with Gasteiger partial charge in [0, 0.05) is 12.4 Å². The number of carbonyl (C=O) groups excluding carboxylic acids is 1. The van der Waals surface area contributed by atoms with Crippen LogP contribution in [-0.2, 0) is 10.0 Å². The van der Waals surface area contributed by atoms with E-state index in [2.05, 4.69) is 4.98 Å². The number of hydrogen-bond acceptors (Lipinski definition) is 5. The van der Waals surface area contributed by atoms with Gasteiger partial charge >= 0.3 is 5.97 Å². The molecule has 0 unspecified atom stereocenters. The number of benzene rings is 1. The fourth-order valence-corrected chi connectivity index (χ4v) is 3.72. The van der Waals surface area contributed by atoms with Gasteiger partial charge in [-0.05, 0) is 30.3 Å². The van der Waals surface area contributed by atoms with E-state index >= 15 is 0 Å². The average Bonchev–Trinajstić information content (AvgIpc) is 2.66. The van der Waals surface area contributed by atoms with Crippen molar-refractivity contribution in [2.75, 3.05) is 4.31 Å². The molecule has 7 nitrogen and oxygen atoms in total. The molecule has 8 heteroatoms. The third-order valence-corrected chi connectivity index (χ3v) is 4.81. The zero-order valence-electron chi connectivity index (χ0n) is 10.4. The molecule has 0 spiro atoms. The molecule has 0 radical (unpaired) electrons. The lowest BCUT2D eigenvalue weighted by Crippen LogP contribution is -2.29. The van der Waals surface area contributed by atoms with Gasteiger partial charge in [0.25, 0.3) is 15.9 Å². The number of amides is 1. The van der Waals surface area contributed by atoms with Crippen molar-refractivity contribution in [2.24, 2.45) is 0 Å². The average molecular weight is 304 g/mol. The molecule has 2 aromatic rings. The summed E-state index contributed by atoms with van der Waals surface area (Å²) in [5.41, 5.74) is -0.0819. The topological polar surface area (TPSA) is 105 Å². The molecule has 21 heavy (non-hydrogen) atoms. The number of anilines is 1. The SMILES string of the molecule is O=C(O)c1ccc2c(c1)S(=O)(=O)N(c1ccncc1)C2=O. The first-order chi connectivity index (χ1) is 9.93. The summed E-state index contributed by atoms with van der Waals surface area (Å²) in [7, 11) is -4.11. The molecule has 0 aliphatic carbocycles. The monoisotopic (exact) mass is 304 g/mol. The molecular weight excluding hydrogens is 296 g/mol. The van der Waals surface area contributed by atoms with Crippen LogP contribution in [0.25, 0.3) is 0 Å². The predicted molar refractivity (Wildman–Crippen MR) is 71.6 cm³/mol. The highest BCUT2D eigenvalue weighted by Crippen LogP contribution is 2.34. The third-order valence-electron chi connectivity index (χ3n) is 3.06. The number of hydrogen-bond donors (Lipinski definition) is 1. The summed E-state index contributed by atoms with van der Waals surface area (Å²) in [6, 6.07) is 6.18. The maximum atomic E-state index is 12.5. The highest BCUT2D eigenvalue weighted by Gasteiger charge is 2.42. The summed E-state index contributed by atoms with van der Waals surface area (Å²) in [6.45, 7) is 0. The minimum atomic E-state index is -4.11. The summed E-state index contributed by atoms with van der Waals surface area (Å²) in [5.74, 6) is -1.98. The highest BCUT2D eigenvalue weighted by atomic mass is 32.2. The van der Waals surface area contributed by atoms with Crippen molar-refractivity contribution in [1.29, 1.82) is 0 Å². The van der Waals surface area contributed by atoms with Crippen molar-refractivity contribution < 1.29 is 23.1 Å². The lowest BCUT2D eigenvalue weighted by molar-refractivity contribution is 0.0696. The molecule has 106 valence electrons. The number of fused-ring (bicyclic) bond motifs is 1. The summed E-state index contributed by atoms with van der Waals surface area (Å²) < 4.78 is 25.6. The molecule has 1 aromatic heterocycles. The van der Waals surface area contributed by atoms with E-state index in [9.17, 15) is 18.0 Å². The standard InChI is InChI=1S/C13H8N2O5S/c16-12-10-2-1-8(13(17)18)7-11(10)21(19,20)15(12)9-3-5-14-6-4-9/h1-7H,(H,17,18). The molecular formula is C13H8N2O5S. The van der Waals surface area contributed by atoms with Gasteiger partial charge in [0.2, 0.25) is 0 Å². The molecule has 0 saturated heterocycles. The van der Waals surface area contributed by atoms with Crippen molar-refractivity contribution >= 4 is 27.6 Å². The Morgan fingerprint density at radius 3 is 2.43 bits per heavy atom. The van der Waals surface area contributed by atoms with E-state index in [-0.39, 0.29) is 21.7 Å². The quantitative estimate of drug-likeness (QED) is 0.891. The molecule has 1 aliphatic rings. The molecule has 0 bridgehead atoms. The molecule has 1 N–H and O–H groups in total. The Morgan fingerprint density at radius 2 is 1.81 bits per heavy atom. The first-order valence-corrected chi connectivity index (χ1v) is 7.24. The van der Waals surface area contributed by atoms with Crippen molar-refractivity contribution in [2.45, 2.75) is 4.90 Å². The maximum Gasteiger partial charge on any atom is 0.335 e. The largest absolute Gasteiger partial charge is 0.478 e. The van der Waals surface area contributed by atoms with Crippen molar-refractivity contribution in [3.05, 3.63) is 53.9 Å². The highest BCUT2D eigenvalue weighted by molar-refractivity contribution is 7.94. The zero-order valence-corrected chi connectivity index (χ0v) is 11.2. The van der Waals surface area contributed by atoms with Crippen LogP contribution in [0.3, 0.4) is 0 Å². The lowest BCUT2D eigenvalue weighted by atomic mass is 10.1. The van der Waals surface area contributed by atoms with Crippen LogP contribution >= 0.6 is 0 Å². The van der Waals surface area contributed by atoms with Crippen molar-refractivity contribution in [3.63, 3.8) is 0 Å². The van der Waals surface area contributed by atoms with Gasteiger partial charge in [0.1, 0.15) is 4.90 Å². The summed E-state index contributed by atoms with van der Waals surface area (Å²) in [5, 5.41) is 8.93. The Hall–Kier alpha value is -2.74. The van der Waals surface area contributed by atoms with Crippen molar-refractivity contribution in [1.82, 2.24) is 4.98 Å². The number of carbonyl (C=O) groups is 2. The van der Waals surface area contributed by atoms with Crippen LogP contribution in [0, 0.1) is 0 Å². The minimum Gasteiger partial charge on any atom is -0.478 e. The molecule has 1 aromatic carbocycles. The smallest absolute Gasteiger partial charge is 0.335 e. The molecule has 1 amide bonds. The van der Waals surface area contributed by atoms with Crippen molar-refractivity contribution in [3.8, 4) is 0 Å². The number of carboxylic acid groups (broad SMARTS) is 1. The second kappa shape index (κ2) is 4.38. The molecule has 3 rings (SSSR count). The van der Waals surface area contributed by atoms with E-state index in [0.717, 1.165) is 6.07 Å². The minimum absolute atomic E-state index is 0.0446. The summed E-state index contributed by atoms with van der Waals surface area (Å²) in [6.07, 6.45) is 2.73. The fraction of sp³-hybridized carbons (Fsp3) is 0. The maximum absolute atomic E-state index is 12.5. The Kier molecular flexibility index (Phi) is 2.77. The summed E-state index contributed by atoms with van der Waals surface area (Å²) >= 11 is 0. The first-order valence-electron chi connectivity index (χ1n) is 5.80. The van der Waals surface area contributed by atoms with Gasteiger partial charge in [0.15, 0.2) is 0 Å². The Labute approximate surface area is 119 Å². The van der Waals surface area contributed by atoms with E-state index in [4.69, 9.17) is 5.11 Å². The van der Waals surface area contributed by atoms with E-state index in [0.29, 0.717) is 4.31 Å². The number of aromatic carboxylic acids is 1. The Balaban J connectivity index is 2.22. The predicted octanol–water partition coefficient (Wildman–Crippen LogP) is 1.13. The Bertz CT molecular complexity index is 861. The van der Waals surface area contributed by atoms with Gasteiger partial charge in [-0.2, -0.15) is 4.31 Å². The number of sulfonamides is 1. The van der Waals surface area contributed by atoms with Gasteiger partial charge in [0.05, 0.1) is 16.8 Å². The van der Waals surface area contributed by atoms with Crippen LogP contribution in [-0.4, -0.2) is 30.4 Å². The van der Waals surface area contributed by atoms with E-state index in [1.54, 1.807) is 0 Å². The van der Waals surface area contributed by atoms with E-state index in [1.165, 1.54) is 36.7 Å². The van der Waals surface area contributed by atoms with Crippen LogP contribution in [0.15, 0.2) is 47.6 Å². The molecule has 0 atom stereocenters. The van der Waals surface area contributed by atoms with E-state index in [1.807, 2.05) is 0 Å². The van der Waals surface area contributed by atoms with Gasteiger partial charge in [-0.3, -0.25) is 9.78 Å². The Morgan fingerprint density at radius 1 is 1.14 bits per heavy atom. The molecule has 0 saturated carbocycles. The van der Waals surface area contributed by atoms with E-state index < -0.39 is 21.9 Å². The fourth-order valence-electron chi connectivity index (χ4n) is 2.10. The molecule has 1 aliphatic heterocycles.